The quantitative estimate of drug-likeness (QED) is 0.724. The molecule has 0 aliphatic rings. The fourth-order valence-corrected chi connectivity index (χ4v) is 2.42. The Hall–Kier alpha value is -2.18. The van der Waals surface area contributed by atoms with Crippen LogP contribution in [0.15, 0.2) is 59.1 Å². The standard InChI is InChI=1S/C18H19BrN2O3/c19-15-8-6-13(7-9-15)10-16(18(20)23)21-17(22)12-24-11-14-4-2-1-3-5-14/h1-9,16H,10-12H2,(H2,20,23)(H,21,22)/t16-/m1/s1. The van der Waals surface area contributed by atoms with Crippen molar-refractivity contribution in [2.24, 2.45) is 5.73 Å². The van der Waals surface area contributed by atoms with Gasteiger partial charge in [-0.3, -0.25) is 9.59 Å². The molecule has 0 spiro atoms. The maximum atomic E-state index is 11.9. The van der Waals surface area contributed by atoms with Crippen LogP contribution in [-0.4, -0.2) is 24.5 Å². The minimum atomic E-state index is -0.765. The number of benzene rings is 2. The smallest absolute Gasteiger partial charge is 0.246 e. The molecule has 2 rings (SSSR count). The van der Waals surface area contributed by atoms with Gasteiger partial charge in [0.1, 0.15) is 12.6 Å². The van der Waals surface area contributed by atoms with Gasteiger partial charge in [0.05, 0.1) is 6.61 Å². The molecule has 0 bridgehead atoms. The predicted molar refractivity (Wildman–Crippen MR) is 95.1 cm³/mol. The van der Waals surface area contributed by atoms with E-state index in [4.69, 9.17) is 10.5 Å². The predicted octanol–water partition coefficient (Wildman–Crippen LogP) is 2.18. The molecule has 24 heavy (non-hydrogen) atoms. The largest absolute Gasteiger partial charge is 0.368 e. The van der Waals surface area contributed by atoms with Gasteiger partial charge in [0, 0.05) is 10.9 Å². The minimum absolute atomic E-state index is 0.126. The van der Waals surface area contributed by atoms with Crippen LogP contribution < -0.4 is 11.1 Å². The first-order valence-electron chi connectivity index (χ1n) is 7.49. The second-order valence-electron chi connectivity index (χ2n) is 5.33. The van der Waals surface area contributed by atoms with Crippen molar-refractivity contribution < 1.29 is 14.3 Å². The van der Waals surface area contributed by atoms with Crippen molar-refractivity contribution in [1.82, 2.24) is 5.32 Å². The van der Waals surface area contributed by atoms with Crippen molar-refractivity contribution in [2.75, 3.05) is 6.61 Å². The molecule has 0 fully saturated rings. The zero-order valence-corrected chi connectivity index (χ0v) is 14.7. The van der Waals surface area contributed by atoms with E-state index in [0.717, 1.165) is 15.6 Å². The van der Waals surface area contributed by atoms with Crippen LogP contribution in [0.4, 0.5) is 0 Å². The third-order valence-corrected chi connectivity index (χ3v) is 3.91. The van der Waals surface area contributed by atoms with Gasteiger partial charge < -0.3 is 15.8 Å². The van der Waals surface area contributed by atoms with Crippen molar-refractivity contribution in [3.8, 4) is 0 Å². The topological polar surface area (TPSA) is 81.4 Å². The molecule has 0 saturated carbocycles. The third kappa shape index (κ3) is 6.14. The van der Waals surface area contributed by atoms with E-state index in [1.54, 1.807) is 0 Å². The number of carbonyl (C=O) groups excluding carboxylic acids is 2. The number of amides is 2. The molecule has 0 saturated heterocycles. The Kier molecular flexibility index (Phi) is 6.96. The molecule has 0 aromatic heterocycles. The molecular weight excluding hydrogens is 372 g/mol. The van der Waals surface area contributed by atoms with Gasteiger partial charge in [0.15, 0.2) is 0 Å². The SMILES string of the molecule is NC(=O)[C@@H](Cc1ccc(Br)cc1)NC(=O)COCc1ccccc1. The number of nitrogens with one attached hydrogen (secondary N) is 1. The maximum Gasteiger partial charge on any atom is 0.246 e. The lowest BCUT2D eigenvalue weighted by Gasteiger charge is -2.16. The second kappa shape index (κ2) is 9.20. The molecular formula is C18H19BrN2O3. The summed E-state index contributed by atoms with van der Waals surface area (Å²) >= 11 is 3.35. The zero-order chi connectivity index (χ0) is 17.4. The van der Waals surface area contributed by atoms with Gasteiger partial charge in [-0.1, -0.05) is 58.4 Å². The summed E-state index contributed by atoms with van der Waals surface area (Å²) in [5.41, 5.74) is 7.27. The molecule has 0 radical (unpaired) electrons. The van der Waals surface area contributed by atoms with Crippen molar-refractivity contribution >= 4 is 27.7 Å². The Balaban J connectivity index is 1.82. The molecule has 3 N–H and O–H groups in total. The Morgan fingerprint density at radius 3 is 2.33 bits per heavy atom. The van der Waals surface area contributed by atoms with Crippen molar-refractivity contribution in [3.63, 3.8) is 0 Å². The average Bonchev–Trinajstić information content (AvgIpc) is 2.57. The van der Waals surface area contributed by atoms with Gasteiger partial charge in [-0.15, -0.1) is 0 Å². The minimum Gasteiger partial charge on any atom is -0.368 e. The molecule has 2 aromatic rings. The fraction of sp³-hybridized carbons (Fsp3) is 0.222. The van der Waals surface area contributed by atoms with E-state index in [-0.39, 0.29) is 12.5 Å². The van der Waals surface area contributed by atoms with Crippen LogP contribution in [0, 0.1) is 0 Å². The lowest BCUT2D eigenvalue weighted by Crippen LogP contribution is -2.47. The van der Waals surface area contributed by atoms with E-state index >= 15 is 0 Å². The number of ether oxygens (including phenoxy) is 1. The highest BCUT2D eigenvalue weighted by Gasteiger charge is 2.18. The summed E-state index contributed by atoms with van der Waals surface area (Å²) in [5.74, 6) is -0.943. The lowest BCUT2D eigenvalue weighted by atomic mass is 10.1. The van der Waals surface area contributed by atoms with E-state index in [2.05, 4.69) is 21.2 Å². The summed E-state index contributed by atoms with van der Waals surface area (Å²) in [4.78, 5) is 23.5. The Morgan fingerprint density at radius 2 is 1.71 bits per heavy atom. The number of hydrogen-bond acceptors (Lipinski definition) is 3. The summed E-state index contributed by atoms with van der Waals surface area (Å²) < 4.78 is 6.30. The van der Waals surface area contributed by atoms with Crippen LogP contribution >= 0.6 is 15.9 Å². The summed E-state index contributed by atoms with van der Waals surface area (Å²) in [6, 6.07) is 16.3. The molecule has 2 amide bonds. The fourth-order valence-electron chi connectivity index (χ4n) is 2.15. The molecule has 1 atom stereocenters. The van der Waals surface area contributed by atoms with Crippen LogP contribution in [0.1, 0.15) is 11.1 Å². The third-order valence-electron chi connectivity index (χ3n) is 3.38. The number of nitrogens with two attached hydrogens (primary N) is 1. The van der Waals surface area contributed by atoms with E-state index in [1.807, 2.05) is 54.6 Å². The number of carbonyl (C=O) groups is 2. The first kappa shape index (κ1) is 18.2. The number of hydrogen-bond donors (Lipinski definition) is 2. The van der Waals surface area contributed by atoms with E-state index in [0.29, 0.717) is 13.0 Å². The van der Waals surface area contributed by atoms with Crippen LogP contribution in [0.5, 0.6) is 0 Å². The molecule has 6 heteroatoms. The maximum absolute atomic E-state index is 11.9. The van der Waals surface area contributed by atoms with E-state index in [1.165, 1.54) is 0 Å². The molecule has 126 valence electrons. The van der Waals surface area contributed by atoms with Crippen LogP contribution in [-0.2, 0) is 27.4 Å². The monoisotopic (exact) mass is 390 g/mol. The summed E-state index contributed by atoms with van der Waals surface area (Å²) in [6.45, 7) is 0.210. The first-order valence-corrected chi connectivity index (χ1v) is 8.28. The van der Waals surface area contributed by atoms with Crippen molar-refractivity contribution in [3.05, 3.63) is 70.2 Å². The highest BCUT2D eigenvalue weighted by atomic mass is 79.9. The number of halogens is 1. The molecule has 0 aliphatic carbocycles. The van der Waals surface area contributed by atoms with E-state index in [9.17, 15) is 9.59 Å². The highest BCUT2D eigenvalue weighted by molar-refractivity contribution is 9.10. The zero-order valence-electron chi connectivity index (χ0n) is 13.1. The second-order valence-corrected chi connectivity index (χ2v) is 6.25. The van der Waals surface area contributed by atoms with Gasteiger partial charge in [-0.2, -0.15) is 0 Å². The molecule has 5 nitrogen and oxygen atoms in total. The van der Waals surface area contributed by atoms with Crippen molar-refractivity contribution in [1.29, 1.82) is 0 Å². The van der Waals surface area contributed by atoms with Crippen LogP contribution in [0.2, 0.25) is 0 Å². The van der Waals surface area contributed by atoms with E-state index < -0.39 is 11.9 Å². The van der Waals surface area contributed by atoms with Crippen molar-refractivity contribution in [2.45, 2.75) is 19.1 Å². The number of rotatable bonds is 8. The molecule has 2 aromatic carbocycles. The Morgan fingerprint density at radius 1 is 1.04 bits per heavy atom. The first-order chi connectivity index (χ1) is 11.5. The average molecular weight is 391 g/mol. The van der Waals surface area contributed by atoms with Crippen LogP contribution in [0.3, 0.4) is 0 Å². The molecule has 0 heterocycles. The molecule has 0 aliphatic heterocycles. The van der Waals surface area contributed by atoms with Gasteiger partial charge in [-0.25, -0.2) is 0 Å². The normalized spacial score (nSPS) is 11.7. The Bertz CT molecular complexity index is 674. The summed E-state index contributed by atoms with van der Waals surface area (Å²) in [7, 11) is 0. The van der Waals surface area contributed by atoms with Gasteiger partial charge in [0.2, 0.25) is 11.8 Å². The van der Waals surface area contributed by atoms with Gasteiger partial charge in [-0.05, 0) is 23.3 Å². The highest BCUT2D eigenvalue weighted by Crippen LogP contribution is 2.12. The van der Waals surface area contributed by atoms with Gasteiger partial charge >= 0.3 is 0 Å². The Labute approximate surface area is 149 Å². The van der Waals surface area contributed by atoms with Gasteiger partial charge in [0.25, 0.3) is 0 Å². The molecule has 0 unspecified atom stereocenters. The number of primary amides is 1. The lowest BCUT2D eigenvalue weighted by molar-refractivity contribution is -0.130. The summed E-state index contributed by atoms with van der Waals surface area (Å²) in [5, 5.41) is 2.62. The van der Waals surface area contributed by atoms with Crippen LogP contribution in [0.25, 0.3) is 0 Å². The summed E-state index contributed by atoms with van der Waals surface area (Å²) in [6.07, 6.45) is 0.340.